The number of carboxylic acids is 1. The van der Waals surface area contributed by atoms with E-state index in [1.54, 1.807) is 30.3 Å². The molecule has 3 N–H and O–H groups in total. The molecule has 0 heterocycles. The lowest BCUT2D eigenvalue weighted by Crippen LogP contribution is -2.53. The Balaban J connectivity index is 2.15. The maximum Gasteiger partial charge on any atom is 0.333 e. The van der Waals surface area contributed by atoms with Crippen molar-refractivity contribution in [1.29, 1.82) is 0 Å². The van der Waals surface area contributed by atoms with Gasteiger partial charge in [-0.2, -0.15) is 0 Å². The smallest absolute Gasteiger partial charge is 0.333 e. The molecule has 1 aromatic carbocycles. The minimum Gasteiger partial charge on any atom is -0.479 e. The average molecular weight is 248 g/mol. The van der Waals surface area contributed by atoms with E-state index in [0.29, 0.717) is 5.56 Å². The molecule has 0 radical (unpaired) electrons. The van der Waals surface area contributed by atoms with Gasteiger partial charge in [-0.25, -0.2) is 9.59 Å². The number of urea groups is 1. The summed E-state index contributed by atoms with van der Waals surface area (Å²) in [6, 6.07) is 8.42. The van der Waals surface area contributed by atoms with Crippen LogP contribution in [0.25, 0.3) is 0 Å². The minimum atomic E-state index is -1.42. The highest BCUT2D eigenvalue weighted by Crippen LogP contribution is 2.22. The molecule has 0 saturated heterocycles. The van der Waals surface area contributed by atoms with Crippen LogP contribution in [0.15, 0.2) is 30.3 Å². The van der Waals surface area contributed by atoms with Gasteiger partial charge in [-0.05, 0) is 25.3 Å². The third-order valence-corrected chi connectivity index (χ3v) is 3.05. The summed E-state index contributed by atoms with van der Waals surface area (Å²) >= 11 is 0. The monoisotopic (exact) mass is 248 g/mol. The van der Waals surface area contributed by atoms with Crippen LogP contribution in [-0.4, -0.2) is 23.1 Å². The molecule has 0 aliphatic heterocycles. The summed E-state index contributed by atoms with van der Waals surface area (Å²) in [5.41, 5.74) is -0.872. The fourth-order valence-electron chi connectivity index (χ4n) is 1.70. The van der Waals surface area contributed by atoms with Crippen LogP contribution >= 0.6 is 0 Å². The van der Waals surface area contributed by atoms with Gasteiger partial charge in [0.2, 0.25) is 0 Å². The predicted octanol–water partition coefficient (Wildman–Crippen LogP) is 1.45. The summed E-state index contributed by atoms with van der Waals surface area (Å²) in [6.45, 7) is 1.48. The number of nitrogens with one attached hydrogen (secondary N) is 2. The second kappa shape index (κ2) is 4.68. The SMILES string of the molecule is CC(NC(=O)NC1CC1)(C(=O)O)c1ccccc1. The Morgan fingerprint density at radius 1 is 1.28 bits per heavy atom. The van der Waals surface area contributed by atoms with E-state index in [4.69, 9.17) is 0 Å². The molecule has 5 heteroatoms. The van der Waals surface area contributed by atoms with Crippen LogP contribution in [0.1, 0.15) is 25.3 Å². The highest BCUT2D eigenvalue weighted by Gasteiger charge is 2.37. The lowest BCUT2D eigenvalue weighted by atomic mass is 9.92. The van der Waals surface area contributed by atoms with Crippen molar-refractivity contribution in [3.8, 4) is 0 Å². The molecular weight excluding hydrogens is 232 g/mol. The van der Waals surface area contributed by atoms with Crippen molar-refractivity contribution in [2.45, 2.75) is 31.3 Å². The Bertz CT molecular complexity index is 457. The second-order valence-electron chi connectivity index (χ2n) is 4.67. The molecular formula is C13H16N2O3. The molecule has 2 rings (SSSR count). The summed E-state index contributed by atoms with van der Waals surface area (Å²) < 4.78 is 0. The lowest BCUT2D eigenvalue weighted by Gasteiger charge is -2.26. The van der Waals surface area contributed by atoms with E-state index in [-0.39, 0.29) is 6.04 Å². The van der Waals surface area contributed by atoms with Gasteiger partial charge in [-0.3, -0.25) is 0 Å². The molecule has 1 aliphatic carbocycles. The molecule has 18 heavy (non-hydrogen) atoms. The first-order valence-electron chi connectivity index (χ1n) is 5.90. The molecule has 0 aromatic heterocycles. The molecule has 0 bridgehead atoms. The maximum atomic E-state index is 11.7. The number of hydrogen-bond acceptors (Lipinski definition) is 2. The standard InChI is InChI=1S/C13H16N2O3/c1-13(11(16)17,9-5-3-2-4-6-9)15-12(18)14-10-7-8-10/h2-6,10H,7-8H2,1H3,(H,16,17)(H2,14,15,18). The molecule has 1 fully saturated rings. The average Bonchev–Trinajstić information content (AvgIpc) is 3.13. The van der Waals surface area contributed by atoms with E-state index in [1.807, 2.05) is 0 Å². The van der Waals surface area contributed by atoms with Gasteiger partial charge in [0, 0.05) is 6.04 Å². The van der Waals surface area contributed by atoms with Crippen LogP contribution in [0.4, 0.5) is 4.79 Å². The van der Waals surface area contributed by atoms with E-state index < -0.39 is 17.5 Å². The van der Waals surface area contributed by atoms with Gasteiger partial charge < -0.3 is 15.7 Å². The second-order valence-corrected chi connectivity index (χ2v) is 4.67. The summed E-state index contributed by atoms with van der Waals surface area (Å²) in [6.07, 6.45) is 1.92. The van der Waals surface area contributed by atoms with Crippen molar-refractivity contribution >= 4 is 12.0 Å². The number of rotatable bonds is 4. The maximum absolute atomic E-state index is 11.7. The van der Waals surface area contributed by atoms with Crippen LogP contribution in [0.3, 0.4) is 0 Å². The van der Waals surface area contributed by atoms with Gasteiger partial charge in [-0.15, -0.1) is 0 Å². The van der Waals surface area contributed by atoms with Gasteiger partial charge in [-0.1, -0.05) is 30.3 Å². The van der Waals surface area contributed by atoms with E-state index in [1.165, 1.54) is 6.92 Å². The van der Waals surface area contributed by atoms with Crippen LogP contribution in [0, 0.1) is 0 Å². The fourth-order valence-corrected chi connectivity index (χ4v) is 1.70. The molecule has 1 aromatic rings. The minimum absolute atomic E-state index is 0.193. The van der Waals surface area contributed by atoms with Crippen LogP contribution in [0.5, 0.6) is 0 Å². The molecule has 1 unspecified atom stereocenters. The summed E-state index contributed by atoms with van der Waals surface area (Å²) in [5, 5.41) is 14.6. The van der Waals surface area contributed by atoms with E-state index >= 15 is 0 Å². The Morgan fingerprint density at radius 2 is 1.89 bits per heavy atom. The van der Waals surface area contributed by atoms with Crippen LogP contribution in [-0.2, 0) is 10.3 Å². The first-order valence-corrected chi connectivity index (χ1v) is 5.90. The van der Waals surface area contributed by atoms with Gasteiger partial charge >= 0.3 is 12.0 Å². The Morgan fingerprint density at radius 3 is 2.39 bits per heavy atom. The molecule has 5 nitrogen and oxygen atoms in total. The van der Waals surface area contributed by atoms with E-state index in [0.717, 1.165) is 12.8 Å². The van der Waals surface area contributed by atoms with Gasteiger partial charge in [0.05, 0.1) is 0 Å². The van der Waals surface area contributed by atoms with Crippen molar-refractivity contribution in [2.75, 3.05) is 0 Å². The topological polar surface area (TPSA) is 78.4 Å². The number of amides is 2. The summed E-state index contributed by atoms with van der Waals surface area (Å²) in [7, 11) is 0. The third-order valence-electron chi connectivity index (χ3n) is 3.05. The Kier molecular flexibility index (Phi) is 3.23. The number of benzene rings is 1. The molecule has 0 spiro atoms. The zero-order chi connectivity index (χ0) is 13.2. The first kappa shape index (κ1) is 12.4. The molecule has 1 atom stereocenters. The normalized spacial score (nSPS) is 17.6. The van der Waals surface area contributed by atoms with Crippen molar-refractivity contribution in [1.82, 2.24) is 10.6 Å². The van der Waals surface area contributed by atoms with Crippen molar-refractivity contribution in [2.24, 2.45) is 0 Å². The van der Waals surface area contributed by atoms with Crippen molar-refractivity contribution in [3.63, 3.8) is 0 Å². The Hall–Kier alpha value is -2.04. The van der Waals surface area contributed by atoms with E-state index in [2.05, 4.69) is 10.6 Å². The predicted molar refractivity (Wildman–Crippen MR) is 66.1 cm³/mol. The zero-order valence-electron chi connectivity index (χ0n) is 10.1. The van der Waals surface area contributed by atoms with Gasteiger partial charge in [0.25, 0.3) is 0 Å². The number of carbonyl (C=O) groups is 2. The Labute approximate surface area is 105 Å². The highest BCUT2D eigenvalue weighted by molar-refractivity contribution is 5.87. The molecule has 2 amide bonds. The number of carbonyl (C=O) groups excluding carboxylic acids is 1. The van der Waals surface area contributed by atoms with Gasteiger partial charge in [0.1, 0.15) is 0 Å². The quantitative estimate of drug-likeness (QED) is 0.754. The van der Waals surface area contributed by atoms with Gasteiger partial charge in [0.15, 0.2) is 5.54 Å². The summed E-state index contributed by atoms with van der Waals surface area (Å²) in [5.74, 6) is -1.08. The highest BCUT2D eigenvalue weighted by atomic mass is 16.4. The van der Waals surface area contributed by atoms with E-state index in [9.17, 15) is 14.7 Å². The molecule has 96 valence electrons. The van der Waals surface area contributed by atoms with Crippen molar-refractivity contribution < 1.29 is 14.7 Å². The third kappa shape index (κ3) is 2.61. The lowest BCUT2D eigenvalue weighted by molar-refractivity contribution is -0.144. The number of carboxylic acid groups (broad SMARTS) is 1. The molecule has 1 aliphatic rings. The zero-order valence-corrected chi connectivity index (χ0v) is 10.1. The molecule has 1 saturated carbocycles. The number of aliphatic carboxylic acids is 1. The number of hydrogen-bond donors (Lipinski definition) is 3. The summed E-state index contributed by atoms with van der Waals surface area (Å²) in [4.78, 5) is 23.1. The largest absolute Gasteiger partial charge is 0.479 e. The fraction of sp³-hybridized carbons (Fsp3) is 0.385. The first-order chi connectivity index (χ1) is 8.52. The van der Waals surface area contributed by atoms with Crippen LogP contribution < -0.4 is 10.6 Å². The van der Waals surface area contributed by atoms with Crippen molar-refractivity contribution in [3.05, 3.63) is 35.9 Å². The van der Waals surface area contributed by atoms with Crippen LogP contribution in [0.2, 0.25) is 0 Å².